The average molecular weight is 470 g/mol. The molecule has 3 aromatic carbocycles. The summed E-state index contributed by atoms with van der Waals surface area (Å²) in [6, 6.07) is 20.0. The van der Waals surface area contributed by atoms with Gasteiger partial charge in [0.1, 0.15) is 5.75 Å². The average Bonchev–Trinajstić information content (AvgIpc) is 2.78. The summed E-state index contributed by atoms with van der Waals surface area (Å²) in [5.41, 5.74) is 1.90. The normalized spacial score (nSPS) is 11.0. The number of rotatable bonds is 9. The molecule has 3 aromatic rings. The molecule has 0 aliphatic heterocycles. The quantitative estimate of drug-likeness (QED) is 0.375. The molecule has 0 aromatic heterocycles. The molecule has 1 N–H and O–H groups in total. The first-order valence-corrected chi connectivity index (χ1v) is 11.8. The lowest BCUT2D eigenvalue weighted by atomic mass is 10.1. The van der Waals surface area contributed by atoms with E-state index < -0.39 is 20.9 Å². The molecule has 0 saturated carbocycles. The highest BCUT2D eigenvalue weighted by atomic mass is 32.2. The van der Waals surface area contributed by atoms with Crippen molar-refractivity contribution in [2.45, 2.75) is 13.5 Å². The van der Waals surface area contributed by atoms with Crippen LogP contribution in [0.15, 0.2) is 72.8 Å². The van der Waals surface area contributed by atoms with E-state index in [0.717, 1.165) is 11.8 Å². The molecule has 0 bridgehead atoms. The fourth-order valence-corrected chi connectivity index (χ4v) is 4.04. The number of ether oxygens (including phenoxy) is 1. The minimum absolute atomic E-state index is 0.0877. The van der Waals surface area contributed by atoms with Gasteiger partial charge in [-0.1, -0.05) is 36.4 Å². The van der Waals surface area contributed by atoms with Gasteiger partial charge in [0.15, 0.2) is 6.61 Å². The highest BCUT2D eigenvalue weighted by molar-refractivity contribution is 7.92. The van der Waals surface area contributed by atoms with Crippen molar-refractivity contribution in [3.63, 3.8) is 0 Å². The molecule has 0 spiro atoms. The minimum atomic E-state index is -3.52. The number of anilines is 2. The second-order valence-electron chi connectivity index (χ2n) is 7.29. The Morgan fingerprint density at radius 2 is 1.70 bits per heavy atom. The molecule has 0 unspecified atom stereocenters. The van der Waals surface area contributed by atoms with Gasteiger partial charge in [-0.15, -0.1) is 0 Å². The fraction of sp³-hybridized carbons (Fsp3) is 0.174. The maximum absolute atomic E-state index is 12.3. The predicted octanol–water partition coefficient (Wildman–Crippen LogP) is 3.89. The van der Waals surface area contributed by atoms with Crippen LogP contribution in [-0.2, 0) is 21.4 Å². The van der Waals surface area contributed by atoms with Crippen molar-refractivity contribution in [3.8, 4) is 5.75 Å². The van der Waals surface area contributed by atoms with Crippen LogP contribution in [0.2, 0.25) is 0 Å². The molecule has 33 heavy (non-hydrogen) atoms. The van der Waals surface area contributed by atoms with E-state index >= 15 is 0 Å². The Balaban J connectivity index is 1.65. The van der Waals surface area contributed by atoms with Gasteiger partial charge in [-0.05, 0) is 42.8 Å². The molecule has 10 heteroatoms. The van der Waals surface area contributed by atoms with E-state index in [2.05, 4.69) is 5.32 Å². The highest BCUT2D eigenvalue weighted by Crippen LogP contribution is 2.26. The van der Waals surface area contributed by atoms with Gasteiger partial charge in [0.05, 0.1) is 34.7 Å². The number of nitro benzene ring substituents is 1. The number of sulfonamides is 1. The molecule has 9 nitrogen and oxygen atoms in total. The Labute approximate surface area is 191 Å². The van der Waals surface area contributed by atoms with Gasteiger partial charge in [-0.25, -0.2) is 8.42 Å². The summed E-state index contributed by atoms with van der Waals surface area (Å²) in [6.07, 6.45) is 1.14. The van der Waals surface area contributed by atoms with Gasteiger partial charge in [-0.2, -0.15) is 0 Å². The Morgan fingerprint density at radius 1 is 1.03 bits per heavy atom. The lowest BCUT2D eigenvalue weighted by Gasteiger charge is -2.22. The second-order valence-corrected chi connectivity index (χ2v) is 9.20. The van der Waals surface area contributed by atoms with E-state index in [1.807, 2.05) is 30.3 Å². The number of amides is 1. The summed E-state index contributed by atoms with van der Waals surface area (Å²) >= 11 is 0. The number of nitrogens with one attached hydrogen (secondary N) is 1. The molecule has 0 aliphatic rings. The Bertz CT molecular complexity index is 1240. The van der Waals surface area contributed by atoms with E-state index in [9.17, 15) is 23.3 Å². The van der Waals surface area contributed by atoms with Crippen molar-refractivity contribution in [1.82, 2.24) is 0 Å². The summed E-state index contributed by atoms with van der Waals surface area (Å²) in [5, 5.41) is 13.6. The monoisotopic (exact) mass is 469 g/mol. The topological polar surface area (TPSA) is 119 Å². The van der Waals surface area contributed by atoms with Crippen LogP contribution in [0.1, 0.15) is 11.1 Å². The molecule has 172 valence electrons. The smallest absolute Gasteiger partial charge is 0.274 e. The first-order chi connectivity index (χ1) is 15.6. The highest BCUT2D eigenvalue weighted by Gasteiger charge is 2.18. The molecule has 0 heterocycles. The molecule has 0 radical (unpaired) electrons. The molecule has 0 fully saturated rings. The van der Waals surface area contributed by atoms with Crippen LogP contribution in [0.4, 0.5) is 17.1 Å². The third kappa shape index (κ3) is 6.30. The number of nitro groups is 1. The van der Waals surface area contributed by atoms with Gasteiger partial charge >= 0.3 is 0 Å². The lowest BCUT2D eigenvalue weighted by Crippen LogP contribution is -2.29. The van der Waals surface area contributed by atoms with Crippen molar-refractivity contribution in [2.24, 2.45) is 0 Å². The largest absolute Gasteiger partial charge is 0.484 e. The standard InChI is InChI=1S/C23H23N3O6S/c1-17-21(9-6-10-22(17)26(28)29)24-23(27)16-32-20-13-11-19(12-14-20)25(33(2,30)31)15-18-7-4-3-5-8-18/h3-14H,15-16H2,1-2H3,(H,24,27). The van der Waals surface area contributed by atoms with Crippen LogP contribution in [0, 0.1) is 17.0 Å². The van der Waals surface area contributed by atoms with Crippen molar-refractivity contribution in [3.05, 3.63) is 94.0 Å². The van der Waals surface area contributed by atoms with E-state index in [0.29, 0.717) is 22.7 Å². The maximum atomic E-state index is 12.3. The van der Waals surface area contributed by atoms with Crippen LogP contribution in [-0.4, -0.2) is 32.1 Å². The van der Waals surface area contributed by atoms with Crippen LogP contribution in [0.3, 0.4) is 0 Å². The SMILES string of the molecule is Cc1c(NC(=O)COc2ccc(N(Cc3ccccc3)S(C)(=O)=O)cc2)cccc1[N+](=O)[O-]. The van der Waals surface area contributed by atoms with Gasteiger partial charge in [-0.3, -0.25) is 19.2 Å². The summed E-state index contributed by atoms with van der Waals surface area (Å²) in [6.45, 7) is 1.42. The molecule has 0 saturated heterocycles. The zero-order valence-electron chi connectivity index (χ0n) is 18.1. The van der Waals surface area contributed by atoms with Gasteiger partial charge in [0.2, 0.25) is 10.0 Å². The molecular weight excluding hydrogens is 446 g/mol. The lowest BCUT2D eigenvalue weighted by molar-refractivity contribution is -0.385. The summed E-state index contributed by atoms with van der Waals surface area (Å²) in [7, 11) is -3.52. The Kier molecular flexibility index (Phi) is 7.29. The van der Waals surface area contributed by atoms with Gasteiger partial charge in [0.25, 0.3) is 11.6 Å². The summed E-state index contributed by atoms with van der Waals surface area (Å²) < 4.78 is 31.4. The number of nitrogens with zero attached hydrogens (tertiary/aromatic N) is 2. The van der Waals surface area contributed by atoms with Crippen molar-refractivity contribution >= 4 is 33.0 Å². The van der Waals surface area contributed by atoms with E-state index in [1.165, 1.54) is 16.4 Å². The molecule has 0 aliphatic carbocycles. The van der Waals surface area contributed by atoms with Crippen molar-refractivity contribution in [2.75, 3.05) is 22.5 Å². The first-order valence-electron chi connectivity index (χ1n) is 9.93. The number of carbonyl (C=O) groups is 1. The van der Waals surface area contributed by atoms with E-state index in [-0.39, 0.29) is 18.8 Å². The molecule has 0 atom stereocenters. The Morgan fingerprint density at radius 3 is 2.30 bits per heavy atom. The fourth-order valence-electron chi connectivity index (χ4n) is 3.15. The molecular formula is C23H23N3O6S. The molecule has 3 rings (SSSR count). The van der Waals surface area contributed by atoms with Crippen LogP contribution < -0.4 is 14.4 Å². The van der Waals surface area contributed by atoms with E-state index in [4.69, 9.17) is 4.74 Å². The number of hydrogen-bond donors (Lipinski definition) is 1. The Hall–Kier alpha value is -3.92. The number of carbonyl (C=O) groups excluding carboxylic acids is 1. The van der Waals surface area contributed by atoms with Crippen LogP contribution in [0.5, 0.6) is 5.75 Å². The second kappa shape index (κ2) is 10.1. The van der Waals surface area contributed by atoms with Crippen LogP contribution in [0.25, 0.3) is 0 Å². The van der Waals surface area contributed by atoms with Crippen molar-refractivity contribution in [1.29, 1.82) is 0 Å². The third-order valence-corrected chi connectivity index (χ3v) is 5.98. The van der Waals surface area contributed by atoms with Gasteiger partial charge in [0, 0.05) is 6.07 Å². The predicted molar refractivity (Wildman–Crippen MR) is 126 cm³/mol. The summed E-state index contributed by atoms with van der Waals surface area (Å²) in [4.78, 5) is 22.8. The molecule has 1 amide bonds. The number of benzene rings is 3. The van der Waals surface area contributed by atoms with Crippen LogP contribution >= 0.6 is 0 Å². The minimum Gasteiger partial charge on any atom is -0.484 e. The zero-order chi connectivity index (χ0) is 24.0. The summed E-state index contributed by atoms with van der Waals surface area (Å²) in [5.74, 6) is -0.109. The van der Waals surface area contributed by atoms with E-state index in [1.54, 1.807) is 37.3 Å². The third-order valence-electron chi connectivity index (χ3n) is 4.84. The van der Waals surface area contributed by atoms with Gasteiger partial charge < -0.3 is 10.1 Å². The zero-order valence-corrected chi connectivity index (χ0v) is 18.9. The van der Waals surface area contributed by atoms with Crippen molar-refractivity contribution < 1.29 is 22.9 Å². The maximum Gasteiger partial charge on any atom is 0.274 e. The first kappa shape index (κ1) is 23.7. The number of hydrogen-bond acceptors (Lipinski definition) is 6.